The summed E-state index contributed by atoms with van der Waals surface area (Å²) in [6, 6.07) is 12.6. The van der Waals surface area contributed by atoms with Crippen molar-refractivity contribution in [2.75, 3.05) is 27.2 Å². The average Bonchev–Trinajstić information content (AvgIpc) is 2.76. The smallest absolute Gasteiger partial charge is 0.308 e. The maximum atomic E-state index is 12.9. The molecule has 8 heteroatoms. The largest absolute Gasteiger partial charge is 0.427 e. The van der Waals surface area contributed by atoms with E-state index in [0.717, 1.165) is 28.6 Å². The van der Waals surface area contributed by atoms with Gasteiger partial charge in [0.1, 0.15) is 17.9 Å². The molecular weight excluding hydrogens is 487 g/mol. The molecule has 0 aromatic heterocycles. The third-order valence-electron chi connectivity index (χ3n) is 7.59. The quantitative estimate of drug-likeness (QED) is 0.351. The van der Waals surface area contributed by atoms with Crippen LogP contribution in [0.1, 0.15) is 43.7 Å². The van der Waals surface area contributed by atoms with E-state index in [9.17, 15) is 14.7 Å². The van der Waals surface area contributed by atoms with Crippen LogP contribution in [0.15, 0.2) is 42.5 Å². The van der Waals surface area contributed by atoms with Crippen LogP contribution < -0.4 is 10.1 Å². The number of benzene rings is 2. The van der Waals surface area contributed by atoms with Gasteiger partial charge >= 0.3 is 5.97 Å². The highest BCUT2D eigenvalue weighted by Crippen LogP contribution is 2.53. The molecule has 0 unspecified atom stereocenters. The molecule has 35 heavy (non-hydrogen) atoms. The van der Waals surface area contributed by atoms with Gasteiger partial charge in [0, 0.05) is 24.8 Å². The van der Waals surface area contributed by atoms with Crippen LogP contribution in [-0.4, -0.2) is 60.3 Å². The number of halogens is 2. The zero-order valence-corrected chi connectivity index (χ0v) is 22.0. The molecule has 1 aliphatic heterocycles. The van der Waals surface area contributed by atoms with Gasteiger partial charge in [-0.25, -0.2) is 0 Å². The number of likely N-dealkylation sites (tertiary alicyclic amines) is 1. The maximum Gasteiger partial charge on any atom is 0.308 e. The number of hydrogen-bond donors (Lipinski definition) is 2. The van der Waals surface area contributed by atoms with E-state index in [4.69, 9.17) is 27.9 Å². The zero-order valence-electron chi connectivity index (χ0n) is 20.4. The summed E-state index contributed by atoms with van der Waals surface area (Å²) >= 11 is 12.1. The normalized spacial score (nSPS) is 27.5. The second-order valence-electron chi connectivity index (χ2n) is 10.7. The van der Waals surface area contributed by atoms with Gasteiger partial charge in [0.2, 0.25) is 5.91 Å². The average molecular weight is 520 g/mol. The predicted molar refractivity (Wildman–Crippen MR) is 137 cm³/mol. The lowest BCUT2D eigenvalue weighted by atomic mass is 9.55. The van der Waals surface area contributed by atoms with E-state index in [2.05, 4.69) is 19.4 Å². The molecule has 1 amide bonds. The van der Waals surface area contributed by atoms with Crippen LogP contribution in [-0.2, 0) is 21.4 Å². The van der Waals surface area contributed by atoms with Crippen LogP contribution in [0.4, 0.5) is 0 Å². The number of esters is 1. The minimum atomic E-state index is -0.936. The third kappa shape index (κ3) is 5.51. The second-order valence-corrected chi connectivity index (χ2v) is 11.5. The number of aliphatic hydroxyl groups is 1. The van der Waals surface area contributed by atoms with E-state index >= 15 is 0 Å². The lowest BCUT2D eigenvalue weighted by Crippen LogP contribution is -2.70. The van der Waals surface area contributed by atoms with E-state index < -0.39 is 11.0 Å². The summed E-state index contributed by atoms with van der Waals surface area (Å²) in [7, 11) is 4.28. The first-order valence-corrected chi connectivity index (χ1v) is 12.7. The first-order chi connectivity index (χ1) is 16.4. The third-order valence-corrected chi connectivity index (χ3v) is 8.33. The summed E-state index contributed by atoms with van der Waals surface area (Å²) in [5.41, 5.74) is 0.247. The van der Waals surface area contributed by atoms with Crippen molar-refractivity contribution >= 4 is 35.1 Å². The summed E-state index contributed by atoms with van der Waals surface area (Å²) in [5.74, 6) is -0.00108. The van der Waals surface area contributed by atoms with Gasteiger partial charge in [-0.05, 0) is 54.7 Å². The molecule has 6 nitrogen and oxygen atoms in total. The minimum Gasteiger partial charge on any atom is -0.427 e. The van der Waals surface area contributed by atoms with Crippen molar-refractivity contribution in [3.63, 3.8) is 0 Å². The number of carbonyl (C=O) groups is 2. The lowest BCUT2D eigenvalue weighted by molar-refractivity contribution is -0.905. The topological polar surface area (TPSA) is 75.6 Å². The van der Waals surface area contributed by atoms with Crippen LogP contribution in [0, 0.1) is 0 Å². The van der Waals surface area contributed by atoms with Crippen molar-refractivity contribution < 1.29 is 23.9 Å². The molecule has 2 aliphatic rings. The number of hydrogen-bond acceptors (Lipinski definition) is 4. The lowest BCUT2D eigenvalue weighted by Gasteiger charge is -2.58. The Labute approximate surface area is 216 Å². The van der Waals surface area contributed by atoms with Gasteiger partial charge in [0.05, 0.1) is 37.1 Å². The number of fused-ring (bicyclic) bond motifs is 1. The molecule has 2 N–H and O–H groups in total. The number of likely N-dealkylation sites (N-methyl/N-ethyl adjacent to an activating group) is 1. The molecule has 4 rings (SSSR count). The standard InChI is InChI=1S/C27H32Cl2N2O4/c1-18(32)35-22-6-4-5-20(15-22)26-11-12-31(2,3)17-27(26,34)10-9-21(16-26)30-25(33)14-19-7-8-23(28)24(29)13-19/h4-8,13,15,21,34H,9-12,14,16-17H2,1-3H3/p+1/t21-,26-,27-/m0/s1. The Morgan fingerprint density at radius 1 is 1.14 bits per heavy atom. The molecule has 2 aromatic carbocycles. The minimum absolute atomic E-state index is 0.0864. The van der Waals surface area contributed by atoms with Crippen LogP contribution in [0.25, 0.3) is 0 Å². The Bertz CT molecular complexity index is 1140. The number of nitrogens with one attached hydrogen (secondary N) is 1. The summed E-state index contributed by atoms with van der Waals surface area (Å²) in [4.78, 5) is 24.5. The fourth-order valence-electron chi connectivity index (χ4n) is 6.00. The summed E-state index contributed by atoms with van der Waals surface area (Å²) in [6.07, 6.45) is 2.84. The number of carbonyl (C=O) groups excluding carboxylic acids is 2. The van der Waals surface area contributed by atoms with Crippen molar-refractivity contribution in [2.24, 2.45) is 0 Å². The highest BCUT2D eigenvalue weighted by atomic mass is 35.5. The van der Waals surface area contributed by atoms with Gasteiger partial charge in [0.15, 0.2) is 0 Å². The fraction of sp³-hybridized carbons (Fsp3) is 0.481. The zero-order chi connectivity index (χ0) is 25.4. The maximum absolute atomic E-state index is 12.9. The molecule has 2 aromatic rings. The van der Waals surface area contributed by atoms with E-state index in [1.807, 2.05) is 18.2 Å². The Balaban J connectivity index is 1.59. The Morgan fingerprint density at radius 3 is 2.63 bits per heavy atom. The van der Waals surface area contributed by atoms with Crippen molar-refractivity contribution in [2.45, 2.75) is 56.1 Å². The number of quaternary nitrogens is 1. The van der Waals surface area contributed by atoms with E-state index in [0.29, 0.717) is 41.6 Å². The van der Waals surface area contributed by atoms with Crippen molar-refractivity contribution in [1.82, 2.24) is 5.32 Å². The molecule has 3 atom stereocenters. The summed E-state index contributed by atoms with van der Waals surface area (Å²) < 4.78 is 6.09. The monoisotopic (exact) mass is 519 g/mol. The van der Waals surface area contributed by atoms with Crippen molar-refractivity contribution in [1.29, 1.82) is 0 Å². The number of amides is 1. The molecular formula is C27H33Cl2N2O4+. The van der Waals surface area contributed by atoms with Gasteiger partial charge in [-0.1, -0.05) is 41.4 Å². The number of ether oxygens (including phenoxy) is 1. The van der Waals surface area contributed by atoms with Gasteiger partial charge in [-0.3, -0.25) is 9.59 Å². The van der Waals surface area contributed by atoms with E-state index in [1.165, 1.54) is 6.92 Å². The SMILES string of the molecule is CC(=O)Oc1cccc([C@@]23CC[N+](C)(C)C[C@@]2(O)CC[C@H](NC(=O)Cc2ccc(Cl)c(Cl)c2)C3)c1. The fourth-order valence-corrected chi connectivity index (χ4v) is 6.32. The highest BCUT2D eigenvalue weighted by molar-refractivity contribution is 6.42. The molecule has 0 bridgehead atoms. The van der Waals surface area contributed by atoms with Crippen LogP contribution in [0.2, 0.25) is 10.0 Å². The first kappa shape index (κ1) is 26.0. The number of piperidine rings is 1. The molecule has 1 aliphatic carbocycles. The van der Waals surface area contributed by atoms with Gasteiger partial charge in [-0.15, -0.1) is 0 Å². The van der Waals surface area contributed by atoms with Crippen LogP contribution in [0.5, 0.6) is 5.75 Å². The van der Waals surface area contributed by atoms with Gasteiger partial charge in [-0.2, -0.15) is 0 Å². The molecule has 1 heterocycles. The Morgan fingerprint density at radius 2 is 1.91 bits per heavy atom. The molecule has 2 fully saturated rings. The predicted octanol–water partition coefficient (Wildman–Crippen LogP) is 4.28. The van der Waals surface area contributed by atoms with Crippen LogP contribution in [0.3, 0.4) is 0 Å². The Kier molecular flexibility index (Phi) is 7.22. The van der Waals surface area contributed by atoms with Gasteiger partial charge in [0.25, 0.3) is 0 Å². The highest BCUT2D eigenvalue weighted by Gasteiger charge is 2.60. The molecule has 1 saturated heterocycles. The van der Waals surface area contributed by atoms with E-state index in [-0.39, 0.29) is 24.3 Å². The molecule has 188 valence electrons. The van der Waals surface area contributed by atoms with Gasteiger partial charge < -0.3 is 19.6 Å². The number of rotatable bonds is 5. The molecule has 1 saturated carbocycles. The van der Waals surface area contributed by atoms with Crippen molar-refractivity contribution in [3.8, 4) is 5.75 Å². The number of nitrogens with zero attached hydrogens (tertiary/aromatic N) is 1. The second kappa shape index (κ2) is 9.74. The Hall–Kier alpha value is -2.12. The summed E-state index contributed by atoms with van der Waals surface area (Å²) in [6.45, 7) is 2.89. The molecule has 0 spiro atoms. The molecule has 0 radical (unpaired) electrons. The van der Waals surface area contributed by atoms with E-state index in [1.54, 1.807) is 24.3 Å². The van der Waals surface area contributed by atoms with Crippen molar-refractivity contribution in [3.05, 3.63) is 63.6 Å². The first-order valence-electron chi connectivity index (χ1n) is 12.0. The summed E-state index contributed by atoms with van der Waals surface area (Å²) in [5, 5.41) is 16.2. The van der Waals surface area contributed by atoms with Crippen LogP contribution >= 0.6 is 23.2 Å².